The Morgan fingerprint density at radius 1 is 0.750 bits per heavy atom. The average molecular weight is 450 g/mol. The summed E-state index contributed by atoms with van der Waals surface area (Å²) in [5.41, 5.74) is -1.25. The van der Waals surface area contributed by atoms with Gasteiger partial charge in [-0.15, -0.1) is 0 Å². The van der Waals surface area contributed by atoms with Gasteiger partial charge in [-0.2, -0.15) is 61.5 Å². The van der Waals surface area contributed by atoms with Crippen LogP contribution in [0.3, 0.4) is 0 Å². The minimum absolute atomic E-state index is 0.373. The smallest absolute Gasteiger partial charge is 0.460 e. The van der Waals surface area contributed by atoms with Crippen molar-refractivity contribution in [1.29, 1.82) is 0 Å². The van der Waals surface area contributed by atoms with Crippen molar-refractivity contribution >= 4 is 5.97 Å². The second kappa shape index (κ2) is 7.24. The van der Waals surface area contributed by atoms with Crippen LogP contribution >= 0.6 is 0 Å². The fourth-order valence-electron chi connectivity index (χ4n) is 1.71. The van der Waals surface area contributed by atoms with Gasteiger partial charge in [0.15, 0.2) is 0 Å². The molecule has 0 aliphatic heterocycles. The molecule has 16 heteroatoms. The summed E-state index contributed by atoms with van der Waals surface area (Å²) in [6, 6.07) is 0. The van der Waals surface area contributed by atoms with E-state index in [1.54, 1.807) is 0 Å². The maximum absolute atomic E-state index is 13.7. The molecule has 0 heterocycles. The minimum atomic E-state index is -7.75. The second-order valence-electron chi connectivity index (χ2n) is 5.37. The van der Waals surface area contributed by atoms with Crippen LogP contribution in [0.2, 0.25) is 0 Å². The van der Waals surface area contributed by atoms with E-state index in [0.29, 0.717) is 6.92 Å². The van der Waals surface area contributed by atoms with E-state index in [4.69, 9.17) is 5.11 Å². The van der Waals surface area contributed by atoms with E-state index in [1.165, 1.54) is 0 Å². The van der Waals surface area contributed by atoms with Gasteiger partial charge in [0.2, 0.25) is 0 Å². The van der Waals surface area contributed by atoms with E-state index in [9.17, 15) is 66.3 Å². The van der Waals surface area contributed by atoms with Gasteiger partial charge in [-0.3, -0.25) is 0 Å². The van der Waals surface area contributed by atoms with Crippen molar-refractivity contribution < 1.29 is 71.4 Å². The van der Waals surface area contributed by atoms with E-state index in [0.717, 1.165) is 0 Å². The highest BCUT2D eigenvalue weighted by atomic mass is 19.4. The Bertz CT molecular complexity index is 613. The van der Waals surface area contributed by atoms with Gasteiger partial charge in [-0.25, -0.2) is 4.79 Å². The van der Waals surface area contributed by atoms with Crippen LogP contribution in [0.4, 0.5) is 61.5 Å². The number of aliphatic carboxylic acids is 1. The van der Waals surface area contributed by atoms with Gasteiger partial charge in [-0.05, 0) is 13.3 Å². The number of carboxylic acid groups (broad SMARTS) is 1. The van der Waals surface area contributed by atoms with Gasteiger partial charge in [0.05, 0.1) is 0 Å². The largest absolute Gasteiger partial charge is 0.478 e. The van der Waals surface area contributed by atoms with Gasteiger partial charge in [-0.1, -0.05) is 6.08 Å². The normalized spacial score (nSPS) is 16.9. The summed E-state index contributed by atoms with van der Waals surface area (Å²) in [4.78, 5) is 10.4. The summed E-state index contributed by atoms with van der Waals surface area (Å²) in [5.74, 6) is -36.9. The highest BCUT2D eigenvalue weighted by Crippen LogP contribution is 2.59. The molecule has 1 unspecified atom stereocenters. The number of carbonyl (C=O) groups is 1. The van der Waals surface area contributed by atoms with Crippen molar-refractivity contribution in [3.63, 3.8) is 0 Å². The van der Waals surface area contributed by atoms with Gasteiger partial charge in [0, 0.05) is 5.57 Å². The van der Waals surface area contributed by atoms with Crippen LogP contribution < -0.4 is 0 Å². The molecule has 2 nitrogen and oxygen atoms in total. The van der Waals surface area contributed by atoms with Crippen LogP contribution in [0.25, 0.3) is 0 Å². The molecule has 1 atom stereocenters. The van der Waals surface area contributed by atoms with Crippen molar-refractivity contribution in [2.24, 2.45) is 5.92 Å². The Balaban J connectivity index is 6.63. The van der Waals surface area contributed by atoms with Gasteiger partial charge in [0.1, 0.15) is 5.92 Å². The fraction of sp³-hybridized carbons (Fsp3) is 0.750. The van der Waals surface area contributed by atoms with Crippen LogP contribution in [0.5, 0.6) is 0 Å². The Morgan fingerprint density at radius 2 is 1.14 bits per heavy atom. The fourth-order valence-corrected chi connectivity index (χ4v) is 1.71. The summed E-state index contributed by atoms with van der Waals surface area (Å²) >= 11 is 0. The first-order valence-corrected chi connectivity index (χ1v) is 6.51. The lowest BCUT2D eigenvalue weighted by Gasteiger charge is -2.40. The zero-order valence-corrected chi connectivity index (χ0v) is 13.0. The highest BCUT2D eigenvalue weighted by Gasteiger charge is 2.86. The lowest BCUT2D eigenvalue weighted by Crippen LogP contribution is -2.66. The number of alkyl halides is 14. The summed E-state index contributed by atoms with van der Waals surface area (Å²) in [6.45, 7) is 0.422. The third kappa shape index (κ3) is 4.29. The monoisotopic (exact) mass is 450 g/mol. The standard InChI is InChI=1S/C12H8F14O2/c1-4(6(27)28)2-3-5(8(15,16)11(21,22)23)7(13,14)9(17,18)10(19,20)12(24,25)26/h2,5H,3H2,1H3,(H,27,28). The Labute approximate surface area is 145 Å². The van der Waals surface area contributed by atoms with Crippen molar-refractivity contribution in [2.45, 2.75) is 49.4 Å². The van der Waals surface area contributed by atoms with Crippen molar-refractivity contribution in [1.82, 2.24) is 0 Å². The van der Waals surface area contributed by atoms with E-state index >= 15 is 0 Å². The molecule has 0 aromatic heterocycles. The molecule has 0 spiro atoms. The first-order chi connectivity index (χ1) is 12.0. The summed E-state index contributed by atoms with van der Waals surface area (Å²) < 4.78 is 179. The maximum Gasteiger partial charge on any atom is 0.460 e. The zero-order valence-electron chi connectivity index (χ0n) is 13.0. The molecule has 0 fully saturated rings. The van der Waals surface area contributed by atoms with Crippen LogP contribution in [-0.4, -0.2) is 47.1 Å². The topological polar surface area (TPSA) is 37.3 Å². The van der Waals surface area contributed by atoms with Gasteiger partial charge >= 0.3 is 42.0 Å². The maximum atomic E-state index is 13.7. The highest BCUT2D eigenvalue weighted by molar-refractivity contribution is 5.85. The summed E-state index contributed by atoms with van der Waals surface area (Å²) in [5, 5.41) is 8.37. The molecular weight excluding hydrogens is 442 g/mol. The predicted octanol–water partition coefficient (Wildman–Crippen LogP) is 5.69. The molecule has 0 aliphatic rings. The molecule has 0 saturated heterocycles. The molecule has 0 rings (SSSR count). The van der Waals surface area contributed by atoms with Crippen molar-refractivity contribution in [3.05, 3.63) is 11.6 Å². The average Bonchev–Trinajstić information content (AvgIpc) is 2.43. The van der Waals surface area contributed by atoms with E-state index in [1.807, 2.05) is 0 Å². The Morgan fingerprint density at radius 3 is 1.43 bits per heavy atom. The van der Waals surface area contributed by atoms with E-state index in [-0.39, 0.29) is 6.08 Å². The molecule has 1 N–H and O–H groups in total. The Kier molecular flexibility index (Phi) is 6.78. The molecule has 0 aromatic carbocycles. The molecule has 0 aliphatic carbocycles. The van der Waals surface area contributed by atoms with Crippen LogP contribution in [0.1, 0.15) is 13.3 Å². The van der Waals surface area contributed by atoms with Crippen LogP contribution in [0, 0.1) is 5.92 Å². The number of carboxylic acids is 1. The molecule has 0 radical (unpaired) electrons. The van der Waals surface area contributed by atoms with Crippen molar-refractivity contribution in [3.8, 4) is 0 Å². The van der Waals surface area contributed by atoms with Crippen LogP contribution in [0.15, 0.2) is 11.6 Å². The molecule has 0 aromatic rings. The van der Waals surface area contributed by atoms with Gasteiger partial charge in [0.25, 0.3) is 0 Å². The molecular formula is C12H8F14O2. The Hall–Kier alpha value is -1.77. The molecule has 0 bridgehead atoms. The number of allylic oxidation sites excluding steroid dienone is 1. The molecule has 0 amide bonds. The first kappa shape index (κ1) is 26.2. The van der Waals surface area contributed by atoms with E-state index < -0.39 is 59.9 Å². The molecule has 0 saturated carbocycles. The summed E-state index contributed by atoms with van der Waals surface area (Å²) in [7, 11) is 0. The molecule has 28 heavy (non-hydrogen) atoms. The zero-order chi connectivity index (χ0) is 23.1. The SMILES string of the molecule is CC(=CCC(C(F)(F)C(F)(F)F)C(F)(F)C(F)(F)C(F)(F)C(F)(F)F)C(=O)O. The number of rotatable bonds is 7. The quantitative estimate of drug-likeness (QED) is 0.400. The first-order valence-electron chi connectivity index (χ1n) is 6.51. The lowest BCUT2D eigenvalue weighted by molar-refractivity contribution is -0.421. The minimum Gasteiger partial charge on any atom is -0.478 e. The number of hydrogen-bond acceptors (Lipinski definition) is 1. The van der Waals surface area contributed by atoms with Crippen LogP contribution in [-0.2, 0) is 4.79 Å². The third-order valence-corrected chi connectivity index (χ3v) is 3.42. The van der Waals surface area contributed by atoms with Gasteiger partial charge < -0.3 is 5.11 Å². The third-order valence-electron chi connectivity index (χ3n) is 3.42. The summed E-state index contributed by atoms with van der Waals surface area (Å²) in [6.07, 6.45) is -17.5. The van der Waals surface area contributed by atoms with Crippen molar-refractivity contribution in [2.75, 3.05) is 0 Å². The number of halogens is 14. The number of hydrogen-bond donors (Lipinski definition) is 1. The lowest BCUT2D eigenvalue weighted by atomic mass is 9.83. The van der Waals surface area contributed by atoms with E-state index in [2.05, 4.69) is 0 Å². The molecule has 166 valence electrons. The predicted molar refractivity (Wildman–Crippen MR) is 61.4 cm³/mol. The second-order valence-corrected chi connectivity index (χ2v) is 5.37.